The van der Waals surface area contributed by atoms with Gasteiger partial charge in [0, 0.05) is 32.0 Å². The van der Waals surface area contributed by atoms with Crippen molar-refractivity contribution in [1.82, 2.24) is 14.5 Å². The summed E-state index contributed by atoms with van der Waals surface area (Å²) in [6.07, 6.45) is 5.69. The average molecular weight is 356 g/mol. The van der Waals surface area contributed by atoms with Crippen molar-refractivity contribution in [2.24, 2.45) is 5.92 Å². The summed E-state index contributed by atoms with van der Waals surface area (Å²) in [5.74, 6) is 1.95. The zero-order valence-electron chi connectivity index (χ0n) is 15.6. The van der Waals surface area contributed by atoms with Crippen molar-refractivity contribution < 1.29 is 4.74 Å². The highest BCUT2D eigenvalue weighted by Gasteiger charge is 2.19. The van der Waals surface area contributed by atoms with E-state index in [1.54, 1.807) is 24.1 Å². The number of ether oxygens (including phenoxy) is 1. The first-order valence-corrected chi connectivity index (χ1v) is 9.34. The van der Waals surface area contributed by atoms with Crippen molar-refractivity contribution >= 4 is 5.82 Å². The first-order valence-electron chi connectivity index (χ1n) is 9.34. The number of benzene rings is 1. The van der Waals surface area contributed by atoms with Gasteiger partial charge in [0.1, 0.15) is 5.75 Å². The molecule has 2 heterocycles. The summed E-state index contributed by atoms with van der Waals surface area (Å²) < 4.78 is 6.88. The van der Waals surface area contributed by atoms with Crippen LogP contribution in [0.2, 0.25) is 0 Å². The van der Waals surface area contributed by atoms with Crippen LogP contribution in [0.1, 0.15) is 25.3 Å². The Labute approximate surface area is 154 Å². The van der Waals surface area contributed by atoms with E-state index in [0.717, 1.165) is 44.8 Å². The molecule has 1 aliphatic heterocycles. The minimum absolute atomic E-state index is 0.0352. The molecular formula is C20H28N4O2. The normalized spacial score (nSPS) is 15.8. The fraction of sp³-hybridized carbons (Fsp3) is 0.500. The summed E-state index contributed by atoms with van der Waals surface area (Å²) in [5.41, 5.74) is 1.28. The lowest BCUT2D eigenvalue weighted by molar-refractivity contribution is 0.182. The Morgan fingerprint density at radius 3 is 2.62 bits per heavy atom. The van der Waals surface area contributed by atoms with E-state index < -0.39 is 0 Å². The maximum absolute atomic E-state index is 12.2. The van der Waals surface area contributed by atoms with Gasteiger partial charge in [-0.05, 0) is 56.5 Å². The predicted molar refractivity (Wildman–Crippen MR) is 104 cm³/mol. The molecule has 1 N–H and O–H groups in total. The minimum atomic E-state index is -0.0352. The summed E-state index contributed by atoms with van der Waals surface area (Å²) in [5, 5.41) is 3.26. The van der Waals surface area contributed by atoms with E-state index >= 15 is 0 Å². The van der Waals surface area contributed by atoms with Gasteiger partial charge in [-0.15, -0.1) is 0 Å². The highest BCUT2D eigenvalue weighted by Crippen LogP contribution is 2.20. The van der Waals surface area contributed by atoms with Gasteiger partial charge in [-0.2, -0.15) is 0 Å². The number of nitrogens with zero attached hydrogens (tertiary/aromatic N) is 3. The van der Waals surface area contributed by atoms with E-state index in [4.69, 9.17) is 4.74 Å². The van der Waals surface area contributed by atoms with Gasteiger partial charge in [-0.1, -0.05) is 12.1 Å². The standard InChI is InChI=1S/C20H28N4O2/c1-3-24-13-10-21-19(20(24)25)22-14-16-8-11-23(12-9-16)15-17-4-6-18(26-2)7-5-17/h4-7,10,13,16H,3,8-9,11-12,14-15H2,1-2H3,(H,21,22). The molecule has 0 saturated carbocycles. The maximum atomic E-state index is 12.2. The van der Waals surface area contributed by atoms with E-state index in [1.165, 1.54) is 5.56 Å². The quantitative estimate of drug-likeness (QED) is 0.826. The first-order chi connectivity index (χ1) is 12.7. The van der Waals surface area contributed by atoms with Gasteiger partial charge in [0.15, 0.2) is 5.82 Å². The molecule has 26 heavy (non-hydrogen) atoms. The molecule has 0 bridgehead atoms. The van der Waals surface area contributed by atoms with Crippen LogP contribution in [0.25, 0.3) is 0 Å². The molecule has 0 atom stereocenters. The Balaban J connectivity index is 1.46. The second kappa shape index (κ2) is 8.85. The number of hydrogen-bond acceptors (Lipinski definition) is 5. The molecule has 0 radical (unpaired) electrons. The van der Waals surface area contributed by atoms with E-state index in [1.807, 2.05) is 19.1 Å². The highest BCUT2D eigenvalue weighted by molar-refractivity contribution is 5.30. The average Bonchev–Trinajstić information content (AvgIpc) is 2.69. The number of piperidine rings is 1. The van der Waals surface area contributed by atoms with Crippen LogP contribution >= 0.6 is 0 Å². The Kier molecular flexibility index (Phi) is 6.28. The van der Waals surface area contributed by atoms with Gasteiger partial charge in [0.2, 0.25) is 0 Å². The van der Waals surface area contributed by atoms with Crippen LogP contribution in [0.4, 0.5) is 5.82 Å². The number of hydrogen-bond donors (Lipinski definition) is 1. The first kappa shape index (κ1) is 18.5. The number of aryl methyl sites for hydroxylation is 1. The summed E-state index contributed by atoms with van der Waals surface area (Å²) >= 11 is 0. The lowest BCUT2D eigenvalue weighted by Crippen LogP contribution is -2.36. The Morgan fingerprint density at radius 1 is 1.23 bits per heavy atom. The van der Waals surface area contributed by atoms with Gasteiger partial charge in [-0.25, -0.2) is 4.98 Å². The molecule has 1 aliphatic rings. The van der Waals surface area contributed by atoms with Gasteiger partial charge in [-0.3, -0.25) is 9.69 Å². The summed E-state index contributed by atoms with van der Waals surface area (Å²) in [4.78, 5) is 18.9. The molecule has 0 unspecified atom stereocenters. The fourth-order valence-electron chi connectivity index (χ4n) is 3.40. The third kappa shape index (κ3) is 4.64. The van der Waals surface area contributed by atoms with Crippen molar-refractivity contribution in [2.45, 2.75) is 32.9 Å². The molecule has 6 nitrogen and oxygen atoms in total. The highest BCUT2D eigenvalue weighted by atomic mass is 16.5. The monoisotopic (exact) mass is 356 g/mol. The van der Waals surface area contributed by atoms with Crippen molar-refractivity contribution in [3.8, 4) is 5.75 Å². The molecule has 1 fully saturated rings. The number of aromatic nitrogens is 2. The molecule has 0 amide bonds. The lowest BCUT2D eigenvalue weighted by atomic mass is 9.96. The Morgan fingerprint density at radius 2 is 1.96 bits per heavy atom. The molecular weight excluding hydrogens is 328 g/mol. The number of rotatable bonds is 7. The number of likely N-dealkylation sites (tertiary alicyclic amines) is 1. The van der Waals surface area contributed by atoms with Crippen LogP contribution in [-0.4, -0.2) is 41.2 Å². The van der Waals surface area contributed by atoms with E-state index in [0.29, 0.717) is 18.3 Å². The van der Waals surface area contributed by atoms with Crippen molar-refractivity contribution in [3.63, 3.8) is 0 Å². The number of nitrogens with one attached hydrogen (secondary N) is 1. The van der Waals surface area contributed by atoms with Crippen LogP contribution in [0.15, 0.2) is 41.5 Å². The molecule has 1 saturated heterocycles. The number of methoxy groups -OCH3 is 1. The molecule has 2 aromatic rings. The van der Waals surface area contributed by atoms with Crippen LogP contribution in [0.3, 0.4) is 0 Å². The second-order valence-electron chi connectivity index (χ2n) is 6.82. The largest absolute Gasteiger partial charge is 0.497 e. The summed E-state index contributed by atoms with van der Waals surface area (Å²) in [7, 11) is 1.69. The molecule has 140 valence electrons. The fourth-order valence-corrected chi connectivity index (χ4v) is 3.40. The summed E-state index contributed by atoms with van der Waals surface area (Å²) in [6, 6.07) is 8.29. The molecule has 0 aliphatic carbocycles. The molecule has 1 aromatic heterocycles. The summed E-state index contributed by atoms with van der Waals surface area (Å²) in [6.45, 7) is 6.58. The Hall–Kier alpha value is -2.34. The van der Waals surface area contributed by atoms with Gasteiger partial charge < -0.3 is 14.6 Å². The van der Waals surface area contributed by atoms with Crippen LogP contribution in [-0.2, 0) is 13.1 Å². The third-order valence-electron chi connectivity index (χ3n) is 5.08. The molecule has 1 aromatic carbocycles. The van der Waals surface area contributed by atoms with Gasteiger partial charge >= 0.3 is 0 Å². The molecule has 6 heteroatoms. The minimum Gasteiger partial charge on any atom is -0.497 e. The molecule has 3 rings (SSSR count). The Bertz CT molecular complexity index is 749. The van der Waals surface area contributed by atoms with E-state index in [-0.39, 0.29) is 5.56 Å². The zero-order chi connectivity index (χ0) is 18.4. The maximum Gasteiger partial charge on any atom is 0.293 e. The third-order valence-corrected chi connectivity index (χ3v) is 5.08. The van der Waals surface area contributed by atoms with Crippen molar-refractivity contribution in [2.75, 3.05) is 32.1 Å². The number of anilines is 1. The lowest BCUT2D eigenvalue weighted by Gasteiger charge is -2.32. The van der Waals surface area contributed by atoms with Crippen LogP contribution in [0.5, 0.6) is 5.75 Å². The molecule has 0 spiro atoms. The van der Waals surface area contributed by atoms with Crippen LogP contribution in [0, 0.1) is 5.92 Å². The van der Waals surface area contributed by atoms with Gasteiger partial charge in [0.05, 0.1) is 7.11 Å². The van der Waals surface area contributed by atoms with Gasteiger partial charge in [0.25, 0.3) is 5.56 Å². The van der Waals surface area contributed by atoms with Crippen molar-refractivity contribution in [1.29, 1.82) is 0 Å². The zero-order valence-corrected chi connectivity index (χ0v) is 15.6. The van der Waals surface area contributed by atoms with E-state index in [9.17, 15) is 4.79 Å². The second-order valence-corrected chi connectivity index (χ2v) is 6.82. The van der Waals surface area contributed by atoms with Crippen molar-refractivity contribution in [3.05, 3.63) is 52.6 Å². The van der Waals surface area contributed by atoms with E-state index in [2.05, 4.69) is 27.3 Å². The topological polar surface area (TPSA) is 59.4 Å². The van der Waals surface area contributed by atoms with Crippen LogP contribution < -0.4 is 15.6 Å². The SMILES string of the molecule is CCn1ccnc(NCC2CCN(Cc3ccc(OC)cc3)CC2)c1=O. The predicted octanol–water partition coefficient (Wildman–Crippen LogP) is 2.60. The smallest absolute Gasteiger partial charge is 0.293 e.